The Bertz CT molecular complexity index is 1750. The number of amides is 5. The molecular weight excluding hydrogens is 743 g/mol. The zero-order valence-corrected chi connectivity index (χ0v) is 34.8. The lowest BCUT2D eigenvalue weighted by Crippen LogP contribution is -2.63. The number of esters is 1. The van der Waals surface area contributed by atoms with Gasteiger partial charge in [0.05, 0.1) is 12.9 Å². The summed E-state index contributed by atoms with van der Waals surface area (Å²) in [5, 5.41) is 8.62. The van der Waals surface area contributed by atoms with Crippen LogP contribution in [0.1, 0.15) is 84.3 Å². The Kier molecular flexibility index (Phi) is 16.2. The smallest absolute Gasteiger partial charge is 0.408 e. The zero-order chi connectivity index (χ0) is 42.5. The lowest BCUT2D eigenvalue weighted by molar-refractivity contribution is -0.153. The standard InChI is InChI=1S/C43H61N7O8/c1-29(27-31-15-9-7-10-16-31)36(51)47-34(28-32-17-11-8-12-18-32)39(54)50-24-14-20-35(50)37(52)46-33(19-13-23-45-30(2)44)38(53)49-25-21-43(22-26-49,40(55)57-6)48-41(56)58-42(3,4)5/h7-12,15-18,29,33-35H,13-14,19-28H2,1-6H3,(H2,44,45)(H,46,52)(H,47,51)(H,48,56)/t29-,33-,34-,35-/m1/s1. The highest BCUT2D eigenvalue weighted by molar-refractivity contribution is 5.95. The Morgan fingerprint density at radius 1 is 0.879 bits per heavy atom. The molecule has 0 unspecified atom stereocenters. The van der Waals surface area contributed by atoms with Crippen molar-refractivity contribution in [3.05, 3.63) is 71.8 Å². The van der Waals surface area contributed by atoms with Gasteiger partial charge in [0.2, 0.25) is 23.6 Å². The Morgan fingerprint density at radius 2 is 1.48 bits per heavy atom. The van der Waals surface area contributed by atoms with Crippen LogP contribution in [0.5, 0.6) is 0 Å². The van der Waals surface area contributed by atoms with Gasteiger partial charge in [0, 0.05) is 38.5 Å². The van der Waals surface area contributed by atoms with E-state index in [1.54, 1.807) is 32.6 Å². The summed E-state index contributed by atoms with van der Waals surface area (Å²) in [6.07, 6.45) is 1.70. The number of ether oxygens (including phenoxy) is 2. The summed E-state index contributed by atoms with van der Waals surface area (Å²) in [4.78, 5) is 89.3. The zero-order valence-electron chi connectivity index (χ0n) is 34.8. The molecule has 2 aromatic carbocycles. The van der Waals surface area contributed by atoms with Crippen LogP contribution in [0, 0.1) is 5.92 Å². The van der Waals surface area contributed by atoms with Gasteiger partial charge in [-0.1, -0.05) is 67.6 Å². The predicted molar refractivity (Wildman–Crippen MR) is 219 cm³/mol. The second-order valence-corrected chi connectivity index (χ2v) is 16.3. The third-order valence-electron chi connectivity index (χ3n) is 10.4. The molecule has 4 atom stereocenters. The number of nitrogens with one attached hydrogen (secondary N) is 3. The maximum absolute atomic E-state index is 14.4. The minimum absolute atomic E-state index is 0.0609. The van der Waals surface area contributed by atoms with Crippen molar-refractivity contribution >= 4 is 41.5 Å². The van der Waals surface area contributed by atoms with Crippen molar-refractivity contribution in [2.24, 2.45) is 16.6 Å². The molecule has 2 aliphatic heterocycles. The summed E-state index contributed by atoms with van der Waals surface area (Å²) >= 11 is 0. The van der Waals surface area contributed by atoms with Gasteiger partial charge in [-0.3, -0.25) is 24.2 Å². The number of benzene rings is 2. The molecule has 5 N–H and O–H groups in total. The lowest BCUT2D eigenvalue weighted by Gasteiger charge is -2.41. The van der Waals surface area contributed by atoms with E-state index >= 15 is 0 Å². The fraction of sp³-hybridized carbons (Fsp3) is 0.558. The van der Waals surface area contributed by atoms with Crippen molar-refractivity contribution < 1.29 is 38.2 Å². The van der Waals surface area contributed by atoms with Crippen molar-refractivity contribution in [2.75, 3.05) is 33.3 Å². The molecule has 0 saturated carbocycles. The molecule has 15 nitrogen and oxygen atoms in total. The van der Waals surface area contributed by atoms with E-state index < -0.39 is 53.2 Å². The van der Waals surface area contributed by atoms with Gasteiger partial charge < -0.3 is 41.0 Å². The fourth-order valence-electron chi connectivity index (χ4n) is 7.41. The molecule has 316 valence electrons. The van der Waals surface area contributed by atoms with Crippen LogP contribution >= 0.6 is 0 Å². The molecule has 4 rings (SSSR count). The number of likely N-dealkylation sites (tertiary alicyclic amines) is 2. The summed E-state index contributed by atoms with van der Waals surface area (Å²) in [6, 6.07) is 16.3. The number of alkyl carbamates (subject to hydrolysis) is 1. The first-order chi connectivity index (χ1) is 27.5. The van der Waals surface area contributed by atoms with Crippen molar-refractivity contribution in [2.45, 2.75) is 115 Å². The van der Waals surface area contributed by atoms with E-state index in [0.29, 0.717) is 44.6 Å². The van der Waals surface area contributed by atoms with Gasteiger partial charge in [-0.25, -0.2) is 9.59 Å². The molecule has 2 saturated heterocycles. The topological polar surface area (TPSA) is 202 Å². The number of carbonyl (C=O) groups excluding carboxylic acids is 6. The van der Waals surface area contributed by atoms with E-state index in [1.807, 2.05) is 67.6 Å². The van der Waals surface area contributed by atoms with Crippen LogP contribution in [0.25, 0.3) is 0 Å². The van der Waals surface area contributed by atoms with Crippen LogP contribution in [0.15, 0.2) is 65.7 Å². The average Bonchev–Trinajstić information content (AvgIpc) is 3.68. The molecule has 0 spiro atoms. The van der Waals surface area contributed by atoms with Crippen LogP contribution in [0.2, 0.25) is 0 Å². The van der Waals surface area contributed by atoms with Gasteiger partial charge in [0.25, 0.3) is 0 Å². The van der Waals surface area contributed by atoms with Crippen molar-refractivity contribution in [1.29, 1.82) is 0 Å². The first-order valence-electron chi connectivity index (χ1n) is 20.2. The molecule has 0 bridgehead atoms. The van der Waals surface area contributed by atoms with E-state index in [4.69, 9.17) is 15.2 Å². The van der Waals surface area contributed by atoms with Crippen LogP contribution in [-0.2, 0) is 46.3 Å². The normalized spacial score (nSPS) is 18.3. The monoisotopic (exact) mass is 803 g/mol. The molecular formula is C43H61N7O8. The highest BCUT2D eigenvalue weighted by Gasteiger charge is 2.47. The number of rotatable bonds is 16. The number of nitrogens with zero attached hydrogens (tertiary/aromatic N) is 3. The van der Waals surface area contributed by atoms with Crippen LogP contribution in [0.3, 0.4) is 0 Å². The van der Waals surface area contributed by atoms with Crippen molar-refractivity contribution in [3.63, 3.8) is 0 Å². The van der Waals surface area contributed by atoms with E-state index in [1.165, 1.54) is 12.0 Å². The highest BCUT2D eigenvalue weighted by atomic mass is 16.6. The molecule has 2 aromatic rings. The fourth-order valence-corrected chi connectivity index (χ4v) is 7.41. The molecule has 2 fully saturated rings. The number of methoxy groups -OCH3 is 1. The van der Waals surface area contributed by atoms with Gasteiger partial charge in [-0.15, -0.1) is 0 Å². The molecule has 2 heterocycles. The molecule has 2 aliphatic rings. The van der Waals surface area contributed by atoms with Gasteiger partial charge in [0.1, 0.15) is 29.3 Å². The molecule has 58 heavy (non-hydrogen) atoms. The number of nitrogens with two attached hydrogens (primary N) is 1. The molecule has 0 aromatic heterocycles. The molecule has 5 amide bonds. The number of carbonyl (C=O) groups is 6. The minimum Gasteiger partial charge on any atom is -0.467 e. The molecule has 15 heteroatoms. The summed E-state index contributed by atoms with van der Waals surface area (Å²) in [6.45, 7) is 9.46. The number of piperidine rings is 1. The second-order valence-electron chi connectivity index (χ2n) is 16.3. The van der Waals surface area contributed by atoms with Gasteiger partial charge in [-0.2, -0.15) is 0 Å². The van der Waals surface area contributed by atoms with E-state index in [-0.39, 0.29) is 56.5 Å². The minimum atomic E-state index is -1.41. The first-order valence-corrected chi connectivity index (χ1v) is 20.2. The Hall–Kier alpha value is -5.47. The van der Waals surface area contributed by atoms with Crippen LogP contribution in [-0.4, -0.2) is 114 Å². The maximum Gasteiger partial charge on any atom is 0.408 e. The number of amidine groups is 1. The predicted octanol–water partition coefficient (Wildman–Crippen LogP) is 3.28. The number of hydrogen-bond donors (Lipinski definition) is 4. The second kappa shape index (κ2) is 20.8. The summed E-state index contributed by atoms with van der Waals surface area (Å²) < 4.78 is 10.5. The third kappa shape index (κ3) is 13.0. The summed E-state index contributed by atoms with van der Waals surface area (Å²) in [5.41, 5.74) is 5.40. The third-order valence-corrected chi connectivity index (χ3v) is 10.4. The molecule has 0 radical (unpaired) electrons. The van der Waals surface area contributed by atoms with E-state index in [9.17, 15) is 28.8 Å². The summed E-state index contributed by atoms with van der Waals surface area (Å²) in [7, 11) is 1.23. The largest absolute Gasteiger partial charge is 0.467 e. The van der Waals surface area contributed by atoms with Gasteiger partial charge >= 0.3 is 12.1 Å². The SMILES string of the molecule is COC(=O)C1(NC(=O)OC(C)(C)C)CCN(C(=O)[C@@H](CCCN=C(C)N)NC(=O)[C@H]2CCCN2C(=O)[C@@H](Cc2ccccc2)NC(=O)[C@H](C)Cc2ccccc2)CC1. The quantitative estimate of drug-likeness (QED) is 0.0851. The van der Waals surface area contributed by atoms with Crippen LogP contribution < -0.4 is 21.7 Å². The van der Waals surface area contributed by atoms with Gasteiger partial charge in [0.15, 0.2) is 0 Å². The number of hydrogen-bond acceptors (Lipinski definition) is 9. The van der Waals surface area contributed by atoms with Gasteiger partial charge in [-0.05, 0) is 83.8 Å². The highest BCUT2D eigenvalue weighted by Crippen LogP contribution is 2.27. The van der Waals surface area contributed by atoms with Crippen LogP contribution in [0.4, 0.5) is 4.79 Å². The Morgan fingerprint density at radius 3 is 2.05 bits per heavy atom. The van der Waals surface area contributed by atoms with E-state index in [0.717, 1.165) is 11.1 Å². The average molecular weight is 804 g/mol. The maximum atomic E-state index is 14.4. The summed E-state index contributed by atoms with van der Waals surface area (Å²) in [5.74, 6) is -2.14. The van der Waals surface area contributed by atoms with Crippen molar-refractivity contribution in [3.8, 4) is 0 Å². The van der Waals surface area contributed by atoms with Crippen molar-refractivity contribution in [1.82, 2.24) is 25.8 Å². The first kappa shape index (κ1) is 45.2. The lowest BCUT2D eigenvalue weighted by atomic mass is 9.87. The molecule has 0 aliphatic carbocycles. The number of aliphatic imine (C=N–C) groups is 1. The Labute approximate surface area is 341 Å². The van der Waals surface area contributed by atoms with E-state index in [2.05, 4.69) is 20.9 Å². The Balaban J connectivity index is 1.50.